The van der Waals surface area contributed by atoms with Crippen LogP contribution in [0.1, 0.15) is 59.0 Å². The molecule has 3 nitrogen and oxygen atoms in total. The number of piperidine rings is 1. The van der Waals surface area contributed by atoms with Gasteiger partial charge in [0.1, 0.15) is 0 Å². The first-order chi connectivity index (χ1) is 15.0. The molecule has 3 aromatic rings. The molecule has 0 bridgehead atoms. The maximum Gasteiger partial charge on any atom is 0.268 e. The minimum absolute atomic E-state index is 0.126. The molecule has 0 spiro atoms. The van der Waals surface area contributed by atoms with E-state index in [0.717, 1.165) is 43.0 Å². The van der Waals surface area contributed by atoms with Crippen LogP contribution < -0.4 is 4.90 Å². The topological polar surface area (TPSA) is 23.6 Å². The lowest BCUT2D eigenvalue weighted by atomic mass is 9.99. The van der Waals surface area contributed by atoms with E-state index in [4.69, 9.17) is 0 Å². The van der Waals surface area contributed by atoms with Gasteiger partial charge in [0, 0.05) is 31.4 Å². The molecule has 162 valence electrons. The number of nitrogens with zero attached hydrogens (tertiary/aromatic N) is 2. The monoisotopic (exact) mass is 432 g/mol. The van der Waals surface area contributed by atoms with Crippen molar-refractivity contribution in [3.63, 3.8) is 0 Å². The zero-order valence-corrected chi connectivity index (χ0v) is 19.6. The van der Waals surface area contributed by atoms with Crippen molar-refractivity contribution in [1.82, 2.24) is 4.90 Å². The Balaban J connectivity index is 1.44. The summed E-state index contributed by atoms with van der Waals surface area (Å²) in [7, 11) is 0. The number of benzene rings is 2. The molecular weight excluding hydrogens is 400 g/mol. The summed E-state index contributed by atoms with van der Waals surface area (Å²) in [4.78, 5) is 18.7. The maximum atomic E-state index is 13.4. The summed E-state index contributed by atoms with van der Waals surface area (Å²) in [5.74, 6) is 0.694. The number of hydrogen-bond donors (Lipinski definition) is 0. The highest BCUT2D eigenvalue weighted by atomic mass is 32.1. The van der Waals surface area contributed by atoms with Crippen molar-refractivity contribution in [1.29, 1.82) is 0 Å². The molecule has 31 heavy (non-hydrogen) atoms. The third-order valence-corrected chi connectivity index (χ3v) is 7.10. The fourth-order valence-electron chi connectivity index (χ4n) is 4.32. The Bertz CT molecular complexity index is 969. The fraction of sp³-hybridized carbons (Fsp3) is 0.370. The standard InChI is InChI=1S/C27H32N2OS/c1-20(2)23-10-8-22(9-11-23)19-28-16-14-25(15-17-28)29(24-12-6-21(3)7-13-24)27(30)26-5-4-18-31-26/h4-13,18,20,25H,14-17,19H2,1-3H3. The van der Waals surface area contributed by atoms with Gasteiger partial charge in [-0.2, -0.15) is 0 Å². The van der Waals surface area contributed by atoms with Gasteiger partial charge >= 0.3 is 0 Å². The SMILES string of the molecule is Cc1ccc(N(C(=O)c2cccs2)C2CCN(Cc3ccc(C(C)C)cc3)CC2)cc1. The van der Waals surface area contributed by atoms with Gasteiger partial charge in [-0.15, -0.1) is 11.3 Å². The van der Waals surface area contributed by atoms with Gasteiger partial charge in [-0.3, -0.25) is 9.69 Å². The van der Waals surface area contributed by atoms with Crippen LogP contribution >= 0.6 is 11.3 Å². The predicted molar refractivity (Wildman–Crippen MR) is 131 cm³/mol. The highest BCUT2D eigenvalue weighted by Gasteiger charge is 2.30. The average Bonchev–Trinajstić information content (AvgIpc) is 3.32. The van der Waals surface area contributed by atoms with Crippen LogP contribution in [-0.2, 0) is 6.54 Å². The van der Waals surface area contributed by atoms with Gasteiger partial charge in [-0.25, -0.2) is 0 Å². The van der Waals surface area contributed by atoms with Crippen molar-refractivity contribution in [2.24, 2.45) is 0 Å². The van der Waals surface area contributed by atoms with Crippen LogP contribution in [0.2, 0.25) is 0 Å². The normalized spacial score (nSPS) is 15.4. The lowest BCUT2D eigenvalue weighted by Gasteiger charge is -2.38. The second-order valence-electron chi connectivity index (χ2n) is 8.89. The lowest BCUT2D eigenvalue weighted by Crippen LogP contribution is -2.47. The minimum Gasteiger partial charge on any atom is -0.305 e. The highest BCUT2D eigenvalue weighted by molar-refractivity contribution is 7.12. The Morgan fingerprint density at radius 1 is 1.03 bits per heavy atom. The lowest BCUT2D eigenvalue weighted by molar-refractivity contribution is 0.0962. The van der Waals surface area contributed by atoms with Crippen molar-refractivity contribution in [3.8, 4) is 0 Å². The Kier molecular flexibility index (Phi) is 6.89. The van der Waals surface area contributed by atoms with E-state index in [1.165, 1.54) is 28.0 Å². The number of anilines is 1. The Morgan fingerprint density at radius 3 is 2.29 bits per heavy atom. The van der Waals surface area contributed by atoms with Crippen LogP contribution in [0.3, 0.4) is 0 Å². The first-order valence-corrected chi connectivity index (χ1v) is 12.1. The maximum absolute atomic E-state index is 13.4. The number of thiophene rings is 1. The smallest absolute Gasteiger partial charge is 0.268 e. The zero-order chi connectivity index (χ0) is 21.8. The molecule has 1 aromatic heterocycles. The zero-order valence-electron chi connectivity index (χ0n) is 18.8. The minimum atomic E-state index is 0.126. The molecule has 0 atom stereocenters. The first-order valence-electron chi connectivity index (χ1n) is 11.3. The van der Waals surface area contributed by atoms with E-state index in [2.05, 4.69) is 74.2 Å². The summed E-state index contributed by atoms with van der Waals surface area (Å²) in [6.45, 7) is 9.55. The highest BCUT2D eigenvalue weighted by Crippen LogP contribution is 2.28. The number of carbonyl (C=O) groups excluding carboxylic acids is 1. The molecule has 4 rings (SSSR count). The second kappa shape index (κ2) is 9.80. The molecule has 1 aliphatic rings. The van der Waals surface area contributed by atoms with Gasteiger partial charge in [-0.1, -0.05) is 61.9 Å². The quantitative estimate of drug-likeness (QED) is 0.444. The van der Waals surface area contributed by atoms with E-state index in [9.17, 15) is 4.79 Å². The Labute approximate surface area is 190 Å². The van der Waals surface area contributed by atoms with E-state index in [1.807, 2.05) is 22.4 Å². The number of rotatable bonds is 6. The summed E-state index contributed by atoms with van der Waals surface area (Å²) in [5.41, 5.74) is 4.98. The Hall–Kier alpha value is -2.43. The van der Waals surface area contributed by atoms with Gasteiger partial charge in [0.25, 0.3) is 5.91 Å². The van der Waals surface area contributed by atoms with Gasteiger partial charge in [0.15, 0.2) is 0 Å². The molecule has 0 saturated carbocycles. The summed E-state index contributed by atoms with van der Waals surface area (Å²) < 4.78 is 0. The van der Waals surface area contributed by atoms with Crippen molar-refractivity contribution >= 4 is 22.9 Å². The van der Waals surface area contributed by atoms with Crippen LogP contribution in [0.4, 0.5) is 5.69 Å². The molecule has 4 heteroatoms. The van der Waals surface area contributed by atoms with Crippen LogP contribution in [0.5, 0.6) is 0 Å². The van der Waals surface area contributed by atoms with Crippen molar-refractivity contribution in [3.05, 3.63) is 87.6 Å². The molecule has 1 fully saturated rings. The summed E-state index contributed by atoms with van der Waals surface area (Å²) in [6, 6.07) is 21.5. The molecule has 0 unspecified atom stereocenters. The van der Waals surface area contributed by atoms with Gasteiger partial charge < -0.3 is 4.90 Å². The molecule has 0 aliphatic carbocycles. The summed E-state index contributed by atoms with van der Waals surface area (Å²) >= 11 is 1.52. The predicted octanol–water partition coefficient (Wildman–Crippen LogP) is 6.49. The fourth-order valence-corrected chi connectivity index (χ4v) is 4.98. The van der Waals surface area contributed by atoms with E-state index in [-0.39, 0.29) is 11.9 Å². The average molecular weight is 433 g/mol. The van der Waals surface area contributed by atoms with Crippen molar-refractivity contribution in [2.75, 3.05) is 18.0 Å². The largest absolute Gasteiger partial charge is 0.305 e. The Morgan fingerprint density at radius 2 is 1.71 bits per heavy atom. The molecule has 1 aliphatic heterocycles. The van der Waals surface area contributed by atoms with Gasteiger partial charge in [-0.05, 0) is 60.4 Å². The third-order valence-electron chi connectivity index (χ3n) is 6.24. The summed E-state index contributed by atoms with van der Waals surface area (Å²) in [6.07, 6.45) is 1.99. The number of aryl methyl sites for hydroxylation is 1. The van der Waals surface area contributed by atoms with Gasteiger partial charge in [0.05, 0.1) is 4.88 Å². The van der Waals surface area contributed by atoms with Gasteiger partial charge in [0.2, 0.25) is 0 Å². The third kappa shape index (κ3) is 5.25. The summed E-state index contributed by atoms with van der Waals surface area (Å²) in [5, 5.41) is 1.98. The van der Waals surface area contributed by atoms with Crippen LogP contribution in [0.15, 0.2) is 66.0 Å². The van der Waals surface area contributed by atoms with E-state index in [1.54, 1.807) is 0 Å². The van der Waals surface area contributed by atoms with E-state index in [0.29, 0.717) is 5.92 Å². The molecular formula is C27H32N2OS. The van der Waals surface area contributed by atoms with E-state index >= 15 is 0 Å². The second-order valence-corrected chi connectivity index (χ2v) is 9.84. The van der Waals surface area contributed by atoms with Crippen molar-refractivity contribution < 1.29 is 4.79 Å². The van der Waals surface area contributed by atoms with Crippen molar-refractivity contribution in [2.45, 2.75) is 52.1 Å². The molecule has 0 N–H and O–H groups in total. The number of amides is 1. The number of hydrogen-bond acceptors (Lipinski definition) is 3. The van der Waals surface area contributed by atoms with Crippen LogP contribution in [0.25, 0.3) is 0 Å². The number of likely N-dealkylation sites (tertiary alicyclic amines) is 1. The van der Waals surface area contributed by atoms with Crippen LogP contribution in [0, 0.1) is 6.92 Å². The molecule has 1 amide bonds. The first kappa shape index (κ1) is 21.8. The number of carbonyl (C=O) groups is 1. The molecule has 0 radical (unpaired) electrons. The molecule has 2 heterocycles. The molecule has 1 saturated heterocycles. The van der Waals surface area contributed by atoms with Crippen LogP contribution in [-0.4, -0.2) is 29.9 Å². The molecule has 2 aromatic carbocycles. The van der Waals surface area contributed by atoms with E-state index < -0.39 is 0 Å².